The average molecular weight is 207 g/mol. The van der Waals surface area contributed by atoms with Gasteiger partial charge in [-0.2, -0.15) is 0 Å². The molecule has 0 aliphatic carbocycles. The van der Waals surface area contributed by atoms with E-state index in [0.29, 0.717) is 6.04 Å². The van der Waals surface area contributed by atoms with E-state index in [0.717, 1.165) is 24.6 Å². The second-order valence-corrected chi connectivity index (χ2v) is 4.02. The van der Waals surface area contributed by atoms with E-state index in [1.165, 1.54) is 5.56 Å². The first kappa shape index (κ1) is 12.0. The predicted octanol–water partition coefficient (Wildman–Crippen LogP) is 2.32. The highest BCUT2D eigenvalue weighted by Crippen LogP contribution is 2.11. The molecule has 1 aromatic rings. The Balaban J connectivity index is 2.69. The molecule has 0 amide bonds. The van der Waals surface area contributed by atoms with Gasteiger partial charge in [-0.3, -0.25) is 0 Å². The SMILES string of the molecule is CCNCc1ccc(NC(C)C)nc1C. The molecular formula is C12H21N3. The quantitative estimate of drug-likeness (QED) is 0.778. The van der Waals surface area contributed by atoms with E-state index < -0.39 is 0 Å². The number of anilines is 1. The van der Waals surface area contributed by atoms with Crippen molar-refractivity contribution in [2.24, 2.45) is 0 Å². The Bertz CT molecular complexity index is 308. The predicted molar refractivity (Wildman–Crippen MR) is 65.1 cm³/mol. The Morgan fingerprint density at radius 1 is 1.33 bits per heavy atom. The highest BCUT2D eigenvalue weighted by Gasteiger charge is 2.01. The first-order valence-electron chi connectivity index (χ1n) is 5.57. The summed E-state index contributed by atoms with van der Waals surface area (Å²) in [6, 6.07) is 4.60. The maximum absolute atomic E-state index is 4.52. The Morgan fingerprint density at radius 3 is 2.60 bits per heavy atom. The van der Waals surface area contributed by atoms with Crippen LogP contribution in [0.3, 0.4) is 0 Å². The lowest BCUT2D eigenvalue weighted by Crippen LogP contribution is -2.15. The minimum Gasteiger partial charge on any atom is -0.368 e. The lowest BCUT2D eigenvalue weighted by molar-refractivity contribution is 0.719. The van der Waals surface area contributed by atoms with Crippen molar-refractivity contribution in [1.29, 1.82) is 0 Å². The van der Waals surface area contributed by atoms with E-state index in [2.05, 4.69) is 49.4 Å². The van der Waals surface area contributed by atoms with Crippen LogP contribution in [0.4, 0.5) is 5.82 Å². The van der Waals surface area contributed by atoms with Crippen molar-refractivity contribution < 1.29 is 0 Å². The summed E-state index contributed by atoms with van der Waals surface area (Å²) in [7, 11) is 0. The number of nitrogens with zero attached hydrogens (tertiary/aromatic N) is 1. The van der Waals surface area contributed by atoms with Crippen molar-refractivity contribution in [3.05, 3.63) is 23.4 Å². The summed E-state index contributed by atoms with van der Waals surface area (Å²) in [5.41, 5.74) is 2.37. The number of nitrogens with one attached hydrogen (secondary N) is 2. The molecule has 15 heavy (non-hydrogen) atoms. The molecule has 0 radical (unpaired) electrons. The van der Waals surface area contributed by atoms with E-state index >= 15 is 0 Å². The molecule has 0 aliphatic rings. The third-order valence-electron chi connectivity index (χ3n) is 2.20. The second-order valence-electron chi connectivity index (χ2n) is 4.02. The molecular weight excluding hydrogens is 186 g/mol. The molecule has 3 heteroatoms. The molecule has 84 valence electrons. The molecule has 2 N–H and O–H groups in total. The van der Waals surface area contributed by atoms with Crippen LogP contribution in [0.15, 0.2) is 12.1 Å². The second kappa shape index (κ2) is 5.71. The number of pyridine rings is 1. The third-order valence-corrected chi connectivity index (χ3v) is 2.20. The monoisotopic (exact) mass is 207 g/mol. The lowest BCUT2D eigenvalue weighted by atomic mass is 10.2. The van der Waals surface area contributed by atoms with Crippen LogP contribution in [0.2, 0.25) is 0 Å². The summed E-state index contributed by atoms with van der Waals surface area (Å²) in [5, 5.41) is 6.60. The zero-order chi connectivity index (χ0) is 11.3. The van der Waals surface area contributed by atoms with E-state index in [1.54, 1.807) is 0 Å². The Hall–Kier alpha value is -1.09. The standard InChI is InChI=1S/C12H21N3/c1-5-13-8-11-6-7-12(14-9(2)3)15-10(11)4/h6-7,9,13H,5,8H2,1-4H3,(H,14,15). The number of aromatic nitrogens is 1. The van der Waals surface area contributed by atoms with Crippen LogP contribution in [0, 0.1) is 6.92 Å². The molecule has 0 fully saturated rings. The Kier molecular flexibility index (Phi) is 4.56. The summed E-state index contributed by atoms with van der Waals surface area (Å²) in [5.74, 6) is 0.961. The van der Waals surface area contributed by atoms with Gasteiger partial charge in [0.15, 0.2) is 0 Å². The third kappa shape index (κ3) is 3.88. The molecule has 0 unspecified atom stereocenters. The zero-order valence-electron chi connectivity index (χ0n) is 10.1. The zero-order valence-corrected chi connectivity index (χ0v) is 10.1. The van der Waals surface area contributed by atoms with Crippen LogP contribution in [0.25, 0.3) is 0 Å². The molecule has 0 spiro atoms. The van der Waals surface area contributed by atoms with Crippen LogP contribution < -0.4 is 10.6 Å². The summed E-state index contributed by atoms with van der Waals surface area (Å²) in [6.07, 6.45) is 0. The minimum atomic E-state index is 0.427. The molecule has 0 aliphatic heterocycles. The van der Waals surface area contributed by atoms with Crippen LogP contribution in [0.1, 0.15) is 32.0 Å². The smallest absolute Gasteiger partial charge is 0.126 e. The molecule has 0 saturated heterocycles. The van der Waals surface area contributed by atoms with Crippen molar-refractivity contribution in [1.82, 2.24) is 10.3 Å². The molecule has 3 nitrogen and oxygen atoms in total. The van der Waals surface area contributed by atoms with E-state index in [-0.39, 0.29) is 0 Å². The molecule has 0 bridgehead atoms. The van der Waals surface area contributed by atoms with Gasteiger partial charge in [-0.15, -0.1) is 0 Å². The summed E-state index contributed by atoms with van der Waals surface area (Å²) < 4.78 is 0. The summed E-state index contributed by atoms with van der Waals surface area (Å²) in [4.78, 5) is 4.52. The van der Waals surface area contributed by atoms with Gasteiger partial charge in [0.05, 0.1) is 0 Å². The topological polar surface area (TPSA) is 37.0 Å². The number of rotatable bonds is 5. The van der Waals surface area contributed by atoms with Crippen LogP contribution in [-0.4, -0.2) is 17.6 Å². The molecule has 1 heterocycles. The number of aryl methyl sites for hydroxylation is 1. The van der Waals surface area contributed by atoms with Crippen LogP contribution >= 0.6 is 0 Å². The van der Waals surface area contributed by atoms with Gasteiger partial charge < -0.3 is 10.6 Å². The van der Waals surface area contributed by atoms with Gasteiger partial charge in [0.25, 0.3) is 0 Å². The van der Waals surface area contributed by atoms with Gasteiger partial charge in [0.1, 0.15) is 5.82 Å². The fraction of sp³-hybridized carbons (Fsp3) is 0.583. The Labute approximate surface area is 92.3 Å². The first-order valence-corrected chi connectivity index (χ1v) is 5.57. The van der Waals surface area contributed by atoms with Gasteiger partial charge in [-0.25, -0.2) is 4.98 Å². The van der Waals surface area contributed by atoms with Gasteiger partial charge in [0.2, 0.25) is 0 Å². The number of hydrogen-bond acceptors (Lipinski definition) is 3. The maximum Gasteiger partial charge on any atom is 0.126 e. The fourth-order valence-corrected chi connectivity index (χ4v) is 1.41. The van der Waals surface area contributed by atoms with Gasteiger partial charge in [0, 0.05) is 18.3 Å². The minimum absolute atomic E-state index is 0.427. The molecule has 1 aromatic heterocycles. The normalized spacial score (nSPS) is 10.7. The van der Waals surface area contributed by atoms with Gasteiger partial charge >= 0.3 is 0 Å². The first-order chi connectivity index (χ1) is 7.13. The van der Waals surface area contributed by atoms with Crippen LogP contribution in [-0.2, 0) is 6.54 Å². The van der Waals surface area contributed by atoms with Gasteiger partial charge in [-0.1, -0.05) is 13.0 Å². The van der Waals surface area contributed by atoms with Gasteiger partial charge in [-0.05, 0) is 38.9 Å². The summed E-state index contributed by atoms with van der Waals surface area (Å²) in [6.45, 7) is 10.3. The molecule has 0 aromatic carbocycles. The highest BCUT2D eigenvalue weighted by molar-refractivity contribution is 5.39. The number of hydrogen-bond donors (Lipinski definition) is 2. The van der Waals surface area contributed by atoms with Crippen molar-refractivity contribution in [3.8, 4) is 0 Å². The largest absolute Gasteiger partial charge is 0.368 e. The average Bonchev–Trinajstić information content (AvgIpc) is 2.15. The Morgan fingerprint density at radius 2 is 2.07 bits per heavy atom. The van der Waals surface area contributed by atoms with Crippen LogP contribution in [0.5, 0.6) is 0 Å². The van der Waals surface area contributed by atoms with Crippen molar-refractivity contribution in [2.45, 2.75) is 40.3 Å². The molecule has 0 saturated carbocycles. The lowest BCUT2D eigenvalue weighted by Gasteiger charge is -2.11. The van der Waals surface area contributed by atoms with E-state index in [9.17, 15) is 0 Å². The van der Waals surface area contributed by atoms with Crippen molar-refractivity contribution in [3.63, 3.8) is 0 Å². The molecule has 1 rings (SSSR count). The molecule has 0 atom stereocenters. The maximum atomic E-state index is 4.52. The van der Waals surface area contributed by atoms with E-state index in [4.69, 9.17) is 0 Å². The summed E-state index contributed by atoms with van der Waals surface area (Å²) >= 11 is 0. The fourth-order valence-electron chi connectivity index (χ4n) is 1.41. The van der Waals surface area contributed by atoms with Crippen molar-refractivity contribution >= 4 is 5.82 Å². The van der Waals surface area contributed by atoms with Crippen molar-refractivity contribution in [2.75, 3.05) is 11.9 Å². The highest BCUT2D eigenvalue weighted by atomic mass is 15.0. The van der Waals surface area contributed by atoms with E-state index in [1.807, 2.05) is 6.07 Å².